The van der Waals surface area contributed by atoms with Crippen molar-refractivity contribution in [1.29, 1.82) is 0 Å². The quantitative estimate of drug-likeness (QED) is 0.473. The molecule has 31 heavy (non-hydrogen) atoms. The summed E-state index contributed by atoms with van der Waals surface area (Å²) in [5, 5.41) is 3.12. The highest BCUT2D eigenvalue weighted by molar-refractivity contribution is 7.79. The Hall–Kier alpha value is -3.11. The van der Waals surface area contributed by atoms with Crippen LogP contribution in [0, 0.1) is 0 Å². The van der Waals surface area contributed by atoms with Crippen LogP contribution in [0.25, 0.3) is 0 Å². The zero-order chi connectivity index (χ0) is 22.4. The van der Waals surface area contributed by atoms with Crippen molar-refractivity contribution in [2.45, 2.75) is 0 Å². The monoisotopic (exact) mass is 442 g/mol. The second kappa shape index (κ2) is 10.3. The van der Waals surface area contributed by atoms with E-state index in [4.69, 9.17) is 28.4 Å². The second-order valence-corrected chi connectivity index (χ2v) is 8.77. The molecule has 7 heteroatoms. The summed E-state index contributed by atoms with van der Waals surface area (Å²) in [6, 6.07) is 17.7. The number of rotatable bonds is 9. The highest BCUT2D eigenvalue weighted by Gasteiger charge is 2.22. The van der Waals surface area contributed by atoms with Gasteiger partial charge in [0.25, 0.3) is 0 Å². The molecule has 0 fully saturated rings. The zero-order valence-electron chi connectivity index (χ0n) is 18.6. The van der Waals surface area contributed by atoms with Crippen LogP contribution in [-0.4, -0.2) is 42.7 Å². The van der Waals surface area contributed by atoms with Gasteiger partial charge >= 0.3 is 0 Å². The van der Waals surface area contributed by atoms with Crippen molar-refractivity contribution in [2.75, 3.05) is 42.7 Å². The van der Waals surface area contributed by atoms with Crippen LogP contribution in [0.5, 0.6) is 34.5 Å². The molecule has 0 saturated heterocycles. The standard InChI is InChI=1S/C24H27O6P/c1-25-16-7-17(26-2)11-22(10-16)31(23-12-18(27-3)8-19(13-23)28-4)24-14-20(29-5)9-21(15-24)30-6/h7-15H,1-6H3. The predicted molar refractivity (Wildman–Crippen MR) is 124 cm³/mol. The topological polar surface area (TPSA) is 55.4 Å². The van der Waals surface area contributed by atoms with Gasteiger partial charge in [-0.25, -0.2) is 0 Å². The van der Waals surface area contributed by atoms with Crippen LogP contribution in [0.2, 0.25) is 0 Å². The Balaban J connectivity index is 2.30. The molecular weight excluding hydrogens is 415 g/mol. The predicted octanol–water partition coefficient (Wildman–Crippen LogP) is 3.50. The minimum atomic E-state index is -1.06. The molecule has 3 aromatic rings. The molecular formula is C24H27O6P. The van der Waals surface area contributed by atoms with E-state index >= 15 is 0 Å². The van der Waals surface area contributed by atoms with E-state index in [0.29, 0.717) is 34.5 Å². The normalized spacial score (nSPS) is 10.5. The summed E-state index contributed by atoms with van der Waals surface area (Å²) in [4.78, 5) is 0. The molecule has 0 spiro atoms. The lowest BCUT2D eigenvalue weighted by Gasteiger charge is -2.23. The van der Waals surface area contributed by atoms with E-state index < -0.39 is 7.92 Å². The zero-order valence-corrected chi connectivity index (χ0v) is 19.5. The van der Waals surface area contributed by atoms with Gasteiger partial charge in [0.2, 0.25) is 0 Å². The Bertz CT molecular complexity index is 838. The van der Waals surface area contributed by atoms with Crippen LogP contribution < -0.4 is 44.3 Å². The maximum absolute atomic E-state index is 5.53. The summed E-state index contributed by atoms with van der Waals surface area (Å²) in [5.74, 6) is 4.29. The Morgan fingerprint density at radius 1 is 0.355 bits per heavy atom. The highest BCUT2D eigenvalue weighted by Crippen LogP contribution is 2.40. The average molecular weight is 442 g/mol. The summed E-state index contributed by atoms with van der Waals surface area (Å²) < 4.78 is 33.2. The van der Waals surface area contributed by atoms with Crippen molar-refractivity contribution in [3.8, 4) is 34.5 Å². The van der Waals surface area contributed by atoms with Crippen LogP contribution in [-0.2, 0) is 0 Å². The molecule has 3 rings (SSSR count). The lowest BCUT2D eigenvalue weighted by molar-refractivity contribution is 0.395. The van der Waals surface area contributed by atoms with Crippen molar-refractivity contribution < 1.29 is 28.4 Å². The molecule has 0 saturated carbocycles. The molecule has 0 aliphatic carbocycles. The molecule has 164 valence electrons. The van der Waals surface area contributed by atoms with E-state index in [1.165, 1.54) is 0 Å². The summed E-state index contributed by atoms with van der Waals surface area (Å²) >= 11 is 0. The lowest BCUT2D eigenvalue weighted by Crippen LogP contribution is -2.22. The molecule has 0 heterocycles. The van der Waals surface area contributed by atoms with Crippen LogP contribution >= 0.6 is 7.92 Å². The lowest BCUT2D eigenvalue weighted by atomic mass is 10.3. The average Bonchev–Trinajstić information content (AvgIpc) is 2.83. The maximum Gasteiger partial charge on any atom is 0.123 e. The minimum absolute atomic E-state index is 0.714. The molecule has 0 aliphatic heterocycles. The number of hydrogen-bond acceptors (Lipinski definition) is 6. The molecule has 3 aromatic carbocycles. The Morgan fingerprint density at radius 2 is 0.548 bits per heavy atom. The minimum Gasteiger partial charge on any atom is -0.497 e. The van der Waals surface area contributed by atoms with E-state index in [2.05, 4.69) is 0 Å². The van der Waals surface area contributed by atoms with E-state index in [9.17, 15) is 0 Å². The second-order valence-electron chi connectivity index (χ2n) is 6.55. The molecule has 0 amide bonds. The van der Waals surface area contributed by atoms with E-state index in [-0.39, 0.29) is 0 Å². The van der Waals surface area contributed by atoms with Gasteiger partial charge in [-0.1, -0.05) is 0 Å². The van der Waals surface area contributed by atoms with Gasteiger partial charge in [-0.05, 0) is 60.2 Å². The molecule has 0 atom stereocenters. The van der Waals surface area contributed by atoms with Crippen molar-refractivity contribution >= 4 is 23.8 Å². The van der Waals surface area contributed by atoms with E-state index in [0.717, 1.165) is 15.9 Å². The van der Waals surface area contributed by atoms with Crippen LogP contribution in [0.1, 0.15) is 0 Å². The first-order valence-corrected chi connectivity index (χ1v) is 10.9. The molecule has 0 N–H and O–H groups in total. The Labute approximate surface area is 184 Å². The smallest absolute Gasteiger partial charge is 0.123 e. The largest absolute Gasteiger partial charge is 0.497 e. The SMILES string of the molecule is COc1cc(OC)cc(P(c2cc(OC)cc(OC)c2)c2cc(OC)cc(OC)c2)c1. The summed E-state index contributed by atoms with van der Waals surface area (Å²) in [6.07, 6.45) is 0. The van der Waals surface area contributed by atoms with Gasteiger partial charge in [-0.15, -0.1) is 0 Å². The molecule has 0 unspecified atom stereocenters. The third kappa shape index (κ3) is 5.15. The highest BCUT2D eigenvalue weighted by atomic mass is 31.1. The maximum atomic E-state index is 5.53. The van der Waals surface area contributed by atoms with E-state index in [1.807, 2.05) is 54.6 Å². The Morgan fingerprint density at radius 3 is 0.710 bits per heavy atom. The van der Waals surface area contributed by atoms with Gasteiger partial charge in [0.15, 0.2) is 0 Å². The fourth-order valence-corrected chi connectivity index (χ4v) is 5.64. The molecule has 0 bridgehead atoms. The first kappa shape index (κ1) is 22.6. The van der Waals surface area contributed by atoms with E-state index in [1.54, 1.807) is 42.7 Å². The van der Waals surface area contributed by atoms with Crippen molar-refractivity contribution in [1.82, 2.24) is 0 Å². The third-order valence-corrected chi connectivity index (χ3v) is 7.11. The fraction of sp³-hybridized carbons (Fsp3) is 0.250. The molecule has 0 radical (unpaired) electrons. The van der Waals surface area contributed by atoms with Gasteiger partial charge in [0.1, 0.15) is 34.5 Å². The van der Waals surface area contributed by atoms with Crippen LogP contribution in [0.15, 0.2) is 54.6 Å². The molecule has 0 aliphatic rings. The van der Waals surface area contributed by atoms with Crippen LogP contribution in [0.3, 0.4) is 0 Å². The van der Waals surface area contributed by atoms with Crippen molar-refractivity contribution in [3.05, 3.63) is 54.6 Å². The third-order valence-electron chi connectivity index (χ3n) is 4.78. The number of methoxy groups -OCH3 is 6. The van der Waals surface area contributed by atoms with Gasteiger partial charge in [0, 0.05) is 18.2 Å². The number of benzene rings is 3. The molecule has 6 nitrogen and oxygen atoms in total. The summed E-state index contributed by atoms with van der Waals surface area (Å²) in [7, 11) is 8.80. The summed E-state index contributed by atoms with van der Waals surface area (Å²) in [6.45, 7) is 0. The first-order chi connectivity index (χ1) is 15.0. The van der Waals surface area contributed by atoms with Crippen LogP contribution in [0.4, 0.5) is 0 Å². The van der Waals surface area contributed by atoms with Crippen molar-refractivity contribution in [3.63, 3.8) is 0 Å². The summed E-state index contributed by atoms with van der Waals surface area (Å²) in [5.41, 5.74) is 0. The van der Waals surface area contributed by atoms with Crippen molar-refractivity contribution in [2.24, 2.45) is 0 Å². The fourth-order valence-electron chi connectivity index (χ4n) is 3.21. The first-order valence-electron chi connectivity index (χ1n) is 9.54. The number of hydrogen-bond donors (Lipinski definition) is 0. The van der Waals surface area contributed by atoms with Gasteiger partial charge in [-0.2, -0.15) is 0 Å². The Kier molecular flexibility index (Phi) is 7.48. The van der Waals surface area contributed by atoms with Gasteiger partial charge in [0.05, 0.1) is 42.7 Å². The van der Waals surface area contributed by atoms with Gasteiger partial charge in [-0.3, -0.25) is 0 Å². The number of ether oxygens (including phenoxy) is 6. The molecule has 0 aromatic heterocycles. The van der Waals surface area contributed by atoms with Gasteiger partial charge < -0.3 is 28.4 Å².